The summed E-state index contributed by atoms with van der Waals surface area (Å²) in [4.78, 5) is 25.3. The lowest BCUT2D eigenvalue weighted by atomic mass is 10.0. The Morgan fingerprint density at radius 2 is 1.93 bits per heavy atom. The minimum Gasteiger partial charge on any atom is -0.493 e. The number of para-hydroxylation sites is 1. The molecule has 2 amide bonds. The quantitative estimate of drug-likeness (QED) is 0.408. The van der Waals surface area contributed by atoms with E-state index in [-0.39, 0.29) is 11.7 Å². The highest BCUT2D eigenvalue weighted by Crippen LogP contribution is 2.35. The maximum absolute atomic E-state index is 12.8. The highest BCUT2D eigenvalue weighted by molar-refractivity contribution is 6.31. The summed E-state index contributed by atoms with van der Waals surface area (Å²) >= 11 is 0. The molecule has 30 heavy (non-hydrogen) atoms. The lowest BCUT2D eigenvalue weighted by Gasteiger charge is -2.19. The number of carbonyl (C=O) groups excluding carboxylic acids is 2. The van der Waals surface area contributed by atoms with Gasteiger partial charge in [0.05, 0.1) is 18.9 Å². The van der Waals surface area contributed by atoms with Crippen LogP contribution in [0.15, 0.2) is 60.7 Å². The van der Waals surface area contributed by atoms with Crippen LogP contribution in [0.1, 0.15) is 31.4 Å². The Bertz CT molecular complexity index is 982. The fraction of sp³-hybridized carbons (Fsp3) is 0.250. The number of methoxy groups -OCH3 is 1. The van der Waals surface area contributed by atoms with Gasteiger partial charge in [-0.2, -0.15) is 0 Å². The van der Waals surface area contributed by atoms with Crippen LogP contribution < -0.4 is 19.9 Å². The van der Waals surface area contributed by atoms with Crippen LogP contribution in [0, 0.1) is 0 Å². The van der Waals surface area contributed by atoms with Crippen molar-refractivity contribution in [3.8, 4) is 11.5 Å². The summed E-state index contributed by atoms with van der Waals surface area (Å²) in [6, 6.07) is 12.6. The van der Waals surface area contributed by atoms with Crippen LogP contribution in [0.25, 0.3) is 6.08 Å². The molecule has 0 saturated carbocycles. The van der Waals surface area contributed by atoms with E-state index in [0.29, 0.717) is 29.2 Å². The van der Waals surface area contributed by atoms with E-state index in [1.807, 2.05) is 26.0 Å². The molecule has 3 rings (SSSR count). The Kier molecular flexibility index (Phi) is 6.57. The van der Waals surface area contributed by atoms with Crippen molar-refractivity contribution in [2.75, 3.05) is 12.1 Å². The molecule has 1 aliphatic heterocycles. The summed E-state index contributed by atoms with van der Waals surface area (Å²) in [6.07, 6.45) is 4.79. The van der Waals surface area contributed by atoms with Gasteiger partial charge in [0.1, 0.15) is 5.57 Å². The molecule has 6 nitrogen and oxygen atoms in total. The standard InChI is InChI=1S/C24H26N2O4/c1-5-10-18-13-17(15-21(29-4)22(18)30-16(3)6-2)14-20-23(27)25-26(24(20)28)19-11-8-7-9-12-19/h5,7-9,11-16H,1,6,10H2,2-4H3,(H,25,27). The first-order valence-electron chi connectivity index (χ1n) is 9.89. The zero-order chi connectivity index (χ0) is 21.7. The lowest BCUT2D eigenvalue weighted by molar-refractivity contribution is -0.117. The number of hydrogen-bond acceptors (Lipinski definition) is 4. The van der Waals surface area contributed by atoms with E-state index in [9.17, 15) is 9.59 Å². The normalized spacial score (nSPS) is 15.8. The fourth-order valence-corrected chi connectivity index (χ4v) is 3.13. The number of hydrazine groups is 1. The third-order valence-electron chi connectivity index (χ3n) is 4.85. The number of benzene rings is 2. The van der Waals surface area contributed by atoms with Crippen LogP contribution in [0.2, 0.25) is 0 Å². The summed E-state index contributed by atoms with van der Waals surface area (Å²) < 4.78 is 11.6. The topological polar surface area (TPSA) is 67.9 Å². The van der Waals surface area contributed by atoms with Crippen LogP contribution in [0.4, 0.5) is 5.69 Å². The Balaban J connectivity index is 2.00. The van der Waals surface area contributed by atoms with Crippen molar-refractivity contribution in [3.63, 3.8) is 0 Å². The maximum Gasteiger partial charge on any atom is 0.282 e. The van der Waals surface area contributed by atoms with E-state index in [2.05, 4.69) is 12.0 Å². The fourth-order valence-electron chi connectivity index (χ4n) is 3.13. The number of ether oxygens (including phenoxy) is 2. The molecule has 0 aliphatic carbocycles. The first-order chi connectivity index (χ1) is 14.5. The summed E-state index contributed by atoms with van der Waals surface area (Å²) in [7, 11) is 1.57. The van der Waals surface area contributed by atoms with Gasteiger partial charge in [0.2, 0.25) is 0 Å². The molecule has 0 aromatic heterocycles. The van der Waals surface area contributed by atoms with Crippen LogP contribution in [-0.4, -0.2) is 25.0 Å². The third kappa shape index (κ3) is 4.38. The maximum atomic E-state index is 12.8. The van der Waals surface area contributed by atoms with Gasteiger partial charge in [-0.25, -0.2) is 5.01 Å². The zero-order valence-corrected chi connectivity index (χ0v) is 17.5. The number of carbonyl (C=O) groups is 2. The first kappa shape index (κ1) is 21.2. The predicted octanol–water partition coefficient (Wildman–Crippen LogP) is 4.06. The zero-order valence-electron chi connectivity index (χ0n) is 17.5. The minimum absolute atomic E-state index is 0.0216. The van der Waals surface area contributed by atoms with Gasteiger partial charge in [-0.15, -0.1) is 6.58 Å². The summed E-state index contributed by atoms with van der Waals surface area (Å²) in [5.74, 6) is 0.345. The summed E-state index contributed by atoms with van der Waals surface area (Å²) in [5.41, 5.74) is 4.82. The molecule has 1 unspecified atom stereocenters. The van der Waals surface area contributed by atoms with E-state index in [1.54, 1.807) is 49.6 Å². The van der Waals surface area contributed by atoms with Crippen molar-refractivity contribution in [2.24, 2.45) is 0 Å². The smallest absolute Gasteiger partial charge is 0.282 e. The Hall–Kier alpha value is -3.54. The molecule has 1 aliphatic rings. The number of hydrogen-bond donors (Lipinski definition) is 1. The van der Waals surface area contributed by atoms with Gasteiger partial charge in [0.15, 0.2) is 11.5 Å². The third-order valence-corrected chi connectivity index (χ3v) is 4.85. The van der Waals surface area contributed by atoms with Crippen molar-refractivity contribution in [1.29, 1.82) is 0 Å². The molecule has 0 bridgehead atoms. The highest BCUT2D eigenvalue weighted by Gasteiger charge is 2.34. The largest absolute Gasteiger partial charge is 0.493 e. The molecule has 1 fully saturated rings. The second kappa shape index (κ2) is 9.31. The number of nitrogens with one attached hydrogen (secondary N) is 1. The van der Waals surface area contributed by atoms with Gasteiger partial charge in [-0.1, -0.05) is 31.2 Å². The molecule has 6 heteroatoms. The number of nitrogens with zero attached hydrogens (tertiary/aromatic N) is 1. The monoisotopic (exact) mass is 406 g/mol. The van der Waals surface area contributed by atoms with Crippen LogP contribution in [0.5, 0.6) is 11.5 Å². The Morgan fingerprint density at radius 1 is 1.20 bits per heavy atom. The van der Waals surface area contributed by atoms with E-state index in [4.69, 9.17) is 9.47 Å². The molecule has 1 heterocycles. The predicted molar refractivity (Wildman–Crippen MR) is 117 cm³/mol. The molecule has 2 aromatic rings. The van der Waals surface area contributed by atoms with Crippen LogP contribution >= 0.6 is 0 Å². The van der Waals surface area contributed by atoms with E-state index < -0.39 is 11.8 Å². The van der Waals surface area contributed by atoms with Gasteiger partial charge in [0, 0.05) is 5.56 Å². The van der Waals surface area contributed by atoms with E-state index >= 15 is 0 Å². The van der Waals surface area contributed by atoms with Gasteiger partial charge in [-0.3, -0.25) is 15.0 Å². The van der Waals surface area contributed by atoms with Crippen molar-refractivity contribution >= 4 is 23.6 Å². The second-order valence-electron chi connectivity index (χ2n) is 7.02. The highest BCUT2D eigenvalue weighted by atomic mass is 16.5. The lowest BCUT2D eigenvalue weighted by Crippen LogP contribution is -2.35. The SMILES string of the molecule is C=CCc1cc(C=C2C(=O)NN(c3ccccc3)C2=O)cc(OC)c1OC(C)CC. The van der Waals surface area contributed by atoms with Gasteiger partial charge in [-0.05, 0) is 55.7 Å². The molecule has 0 spiro atoms. The number of rotatable bonds is 8. The average molecular weight is 406 g/mol. The average Bonchev–Trinajstić information content (AvgIpc) is 3.04. The molecule has 1 atom stereocenters. The van der Waals surface area contributed by atoms with E-state index in [1.165, 1.54) is 5.01 Å². The van der Waals surface area contributed by atoms with Gasteiger partial charge >= 0.3 is 0 Å². The Labute approximate surface area is 176 Å². The van der Waals surface area contributed by atoms with Crippen molar-refractivity contribution in [1.82, 2.24) is 5.43 Å². The number of allylic oxidation sites excluding steroid dienone is 1. The molecule has 1 saturated heterocycles. The number of amides is 2. The molecule has 2 aromatic carbocycles. The van der Waals surface area contributed by atoms with Gasteiger partial charge < -0.3 is 9.47 Å². The van der Waals surface area contributed by atoms with E-state index in [0.717, 1.165) is 12.0 Å². The summed E-state index contributed by atoms with van der Waals surface area (Å²) in [5, 5.41) is 1.25. The molecular weight excluding hydrogens is 380 g/mol. The summed E-state index contributed by atoms with van der Waals surface area (Å²) in [6.45, 7) is 7.86. The minimum atomic E-state index is -0.451. The van der Waals surface area contributed by atoms with Crippen molar-refractivity contribution < 1.29 is 19.1 Å². The first-order valence-corrected chi connectivity index (χ1v) is 9.89. The molecule has 156 valence electrons. The van der Waals surface area contributed by atoms with Crippen LogP contribution in [0.3, 0.4) is 0 Å². The van der Waals surface area contributed by atoms with Gasteiger partial charge in [0.25, 0.3) is 11.8 Å². The molecular formula is C24H26N2O4. The molecule has 0 radical (unpaired) electrons. The van der Waals surface area contributed by atoms with Crippen molar-refractivity contribution in [3.05, 3.63) is 71.8 Å². The van der Waals surface area contributed by atoms with Crippen LogP contribution in [-0.2, 0) is 16.0 Å². The number of anilines is 1. The molecule has 1 N–H and O–H groups in total. The Morgan fingerprint density at radius 3 is 2.57 bits per heavy atom. The second-order valence-corrected chi connectivity index (χ2v) is 7.02. The van der Waals surface area contributed by atoms with Crippen molar-refractivity contribution in [2.45, 2.75) is 32.8 Å².